The number of nitrogens with one attached hydrogen (secondary N) is 3. The molecule has 1 aromatic heterocycles. The van der Waals surface area contributed by atoms with Crippen LogP contribution in [0.15, 0.2) is 36.5 Å². The number of amides is 2. The maximum absolute atomic E-state index is 12.4. The van der Waals surface area contributed by atoms with Gasteiger partial charge in [-0.1, -0.05) is 6.07 Å². The summed E-state index contributed by atoms with van der Waals surface area (Å²) < 4.78 is 11.4. The van der Waals surface area contributed by atoms with Crippen molar-refractivity contribution < 1.29 is 19.1 Å². The number of halogens is 2. The first-order valence-corrected chi connectivity index (χ1v) is 8.66. The molecule has 10 heteroatoms. The SMILES string of the molecule is CNC(=O)c1cc(Oc2cc(C)ccc2NC(=O)[C@H]2CNCCO2)ccn1.Cl.Cl. The van der Waals surface area contributed by atoms with E-state index >= 15 is 0 Å². The lowest BCUT2D eigenvalue weighted by molar-refractivity contribution is -0.128. The number of rotatable bonds is 5. The molecule has 1 aliphatic heterocycles. The number of benzene rings is 1. The highest BCUT2D eigenvalue weighted by atomic mass is 35.5. The van der Waals surface area contributed by atoms with Gasteiger partial charge in [0, 0.05) is 32.4 Å². The summed E-state index contributed by atoms with van der Waals surface area (Å²) in [5.41, 5.74) is 1.74. The fourth-order valence-corrected chi connectivity index (χ4v) is 2.62. The predicted octanol–water partition coefficient (Wildman–Crippen LogP) is 2.31. The maximum Gasteiger partial charge on any atom is 0.269 e. The zero-order valence-electron chi connectivity index (χ0n) is 16.1. The van der Waals surface area contributed by atoms with Gasteiger partial charge in [-0.05, 0) is 30.7 Å². The summed E-state index contributed by atoms with van der Waals surface area (Å²) in [4.78, 5) is 28.2. The van der Waals surface area contributed by atoms with E-state index in [-0.39, 0.29) is 42.3 Å². The Bertz CT molecular complexity index is 845. The zero-order chi connectivity index (χ0) is 19.2. The molecule has 0 saturated carbocycles. The van der Waals surface area contributed by atoms with Crippen LogP contribution in [0, 0.1) is 6.92 Å². The number of hydrogen-bond acceptors (Lipinski definition) is 6. The van der Waals surface area contributed by atoms with Gasteiger partial charge in [-0.25, -0.2) is 0 Å². The molecule has 1 saturated heterocycles. The van der Waals surface area contributed by atoms with Crippen LogP contribution in [-0.2, 0) is 9.53 Å². The summed E-state index contributed by atoms with van der Waals surface area (Å²) in [6.07, 6.45) is 0.948. The molecule has 2 aromatic rings. The number of aromatic nitrogens is 1. The van der Waals surface area contributed by atoms with E-state index in [1.807, 2.05) is 19.1 Å². The molecule has 0 spiro atoms. The summed E-state index contributed by atoms with van der Waals surface area (Å²) >= 11 is 0. The van der Waals surface area contributed by atoms with Gasteiger partial charge >= 0.3 is 0 Å². The lowest BCUT2D eigenvalue weighted by Gasteiger charge is -2.23. The van der Waals surface area contributed by atoms with E-state index < -0.39 is 6.10 Å². The fraction of sp³-hybridized carbons (Fsp3) is 0.316. The number of nitrogens with zero attached hydrogens (tertiary/aromatic N) is 1. The maximum atomic E-state index is 12.4. The molecule has 2 amide bonds. The Hall–Kier alpha value is -2.39. The Morgan fingerprint density at radius 2 is 2.03 bits per heavy atom. The van der Waals surface area contributed by atoms with E-state index in [0.717, 1.165) is 12.1 Å². The van der Waals surface area contributed by atoms with Crippen LogP contribution in [0.5, 0.6) is 11.5 Å². The number of ether oxygens (including phenoxy) is 2. The van der Waals surface area contributed by atoms with Crippen molar-refractivity contribution in [2.24, 2.45) is 0 Å². The summed E-state index contributed by atoms with van der Waals surface area (Å²) in [6, 6.07) is 8.66. The lowest BCUT2D eigenvalue weighted by atomic mass is 10.2. The molecule has 1 aromatic carbocycles. The van der Waals surface area contributed by atoms with Crippen LogP contribution in [0.25, 0.3) is 0 Å². The van der Waals surface area contributed by atoms with Crippen LogP contribution < -0.4 is 20.7 Å². The number of morpholine rings is 1. The minimum atomic E-state index is -0.548. The van der Waals surface area contributed by atoms with Crippen molar-refractivity contribution >= 4 is 42.3 Å². The summed E-state index contributed by atoms with van der Waals surface area (Å²) in [5, 5.41) is 8.50. The van der Waals surface area contributed by atoms with E-state index in [9.17, 15) is 9.59 Å². The van der Waals surface area contributed by atoms with Gasteiger partial charge in [0.1, 0.15) is 17.5 Å². The molecule has 1 atom stereocenters. The highest BCUT2D eigenvalue weighted by Gasteiger charge is 2.23. The first-order chi connectivity index (χ1) is 13.1. The van der Waals surface area contributed by atoms with Crippen LogP contribution in [0.4, 0.5) is 5.69 Å². The number of anilines is 1. The molecule has 0 unspecified atom stereocenters. The Labute approximate surface area is 181 Å². The average Bonchev–Trinajstić information content (AvgIpc) is 2.70. The van der Waals surface area contributed by atoms with Crippen molar-refractivity contribution in [2.75, 3.05) is 32.1 Å². The smallest absolute Gasteiger partial charge is 0.269 e. The lowest BCUT2D eigenvalue weighted by Crippen LogP contribution is -2.45. The average molecular weight is 443 g/mol. The van der Waals surface area contributed by atoms with Gasteiger partial charge in [0.05, 0.1) is 12.3 Å². The minimum absolute atomic E-state index is 0. The molecule has 0 aliphatic carbocycles. The first-order valence-electron chi connectivity index (χ1n) is 8.66. The highest BCUT2D eigenvalue weighted by molar-refractivity contribution is 5.96. The molecule has 2 heterocycles. The molecule has 158 valence electrons. The monoisotopic (exact) mass is 442 g/mol. The molecule has 3 rings (SSSR count). The third-order valence-corrected chi connectivity index (χ3v) is 4.03. The minimum Gasteiger partial charge on any atom is -0.455 e. The molecule has 29 heavy (non-hydrogen) atoms. The Balaban J connectivity index is 0.00000210. The number of pyridine rings is 1. The van der Waals surface area contributed by atoms with Crippen molar-refractivity contribution in [3.8, 4) is 11.5 Å². The van der Waals surface area contributed by atoms with Gasteiger partial charge in [-0.15, -0.1) is 24.8 Å². The van der Waals surface area contributed by atoms with Gasteiger partial charge in [-0.2, -0.15) is 0 Å². The van der Waals surface area contributed by atoms with Crippen molar-refractivity contribution in [1.29, 1.82) is 0 Å². The number of carbonyl (C=O) groups is 2. The van der Waals surface area contributed by atoms with Gasteiger partial charge in [-0.3, -0.25) is 14.6 Å². The van der Waals surface area contributed by atoms with Gasteiger partial charge in [0.2, 0.25) is 0 Å². The largest absolute Gasteiger partial charge is 0.455 e. The van der Waals surface area contributed by atoms with Crippen molar-refractivity contribution in [3.05, 3.63) is 47.8 Å². The van der Waals surface area contributed by atoms with E-state index in [1.165, 1.54) is 13.2 Å². The third kappa shape index (κ3) is 6.57. The second-order valence-electron chi connectivity index (χ2n) is 6.11. The van der Waals surface area contributed by atoms with Crippen LogP contribution in [0.3, 0.4) is 0 Å². The summed E-state index contributed by atoms with van der Waals surface area (Å²) in [6.45, 7) is 3.62. The third-order valence-electron chi connectivity index (χ3n) is 4.03. The molecule has 0 bridgehead atoms. The number of carbonyl (C=O) groups excluding carboxylic acids is 2. The summed E-state index contributed by atoms with van der Waals surface area (Å²) in [7, 11) is 1.54. The van der Waals surface area contributed by atoms with E-state index in [1.54, 1.807) is 18.2 Å². The van der Waals surface area contributed by atoms with E-state index in [0.29, 0.717) is 30.3 Å². The van der Waals surface area contributed by atoms with Crippen molar-refractivity contribution in [2.45, 2.75) is 13.0 Å². The quantitative estimate of drug-likeness (QED) is 0.656. The van der Waals surface area contributed by atoms with Crippen LogP contribution in [-0.4, -0.2) is 49.6 Å². The van der Waals surface area contributed by atoms with Gasteiger partial charge in [0.25, 0.3) is 11.8 Å². The van der Waals surface area contributed by atoms with Gasteiger partial charge < -0.3 is 25.4 Å². The molecule has 0 radical (unpaired) electrons. The van der Waals surface area contributed by atoms with Crippen LogP contribution in [0.2, 0.25) is 0 Å². The van der Waals surface area contributed by atoms with Crippen LogP contribution in [0.1, 0.15) is 16.1 Å². The molecule has 1 fully saturated rings. The normalized spacial score (nSPS) is 15.3. The molecule has 3 N–H and O–H groups in total. The van der Waals surface area contributed by atoms with Crippen molar-refractivity contribution in [1.82, 2.24) is 15.6 Å². The van der Waals surface area contributed by atoms with Crippen molar-refractivity contribution in [3.63, 3.8) is 0 Å². The molecule has 1 aliphatic rings. The first kappa shape index (κ1) is 24.6. The number of hydrogen-bond donors (Lipinski definition) is 3. The molecular weight excluding hydrogens is 419 g/mol. The van der Waals surface area contributed by atoms with E-state index in [2.05, 4.69) is 20.9 Å². The fourth-order valence-electron chi connectivity index (χ4n) is 2.62. The second-order valence-corrected chi connectivity index (χ2v) is 6.11. The van der Waals surface area contributed by atoms with Crippen LogP contribution >= 0.6 is 24.8 Å². The Morgan fingerprint density at radius 3 is 2.72 bits per heavy atom. The summed E-state index contributed by atoms with van der Waals surface area (Å²) in [5.74, 6) is 0.373. The zero-order valence-corrected chi connectivity index (χ0v) is 17.7. The van der Waals surface area contributed by atoms with Gasteiger partial charge in [0.15, 0.2) is 5.75 Å². The Morgan fingerprint density at radius 1 is 1.24 bits per heavy atom. The topological polar surface area (TPSA) is 102 Å². The molecule has 8 nitrogen and oxygen atoms in total. The number of aryl methyl sites for hydroxylation is 1. The molecular formula is C19H24Cl2N4O4. The Kier molecular flexibility index (Phi) is 9.84. The van der Waals surface area contributed by atoms with E-state index in [4.69, 9.17) is 9.47 Å². The highest BCUT2D eigenvalue weighted by Crippen LogP contribution is 2.31. The standard InChI is InChI=1S/C19H22N4O4.2ClH/c1-12-3-4-14(23-19(25)17-11-21-7-8-26-17)16(9-12)27-13-5-6-22-15(10-13)18(24)20-2;;/h3-6,9-10,17,21H,7-8,11H2,1-2H3,(H,20,24)(H,23,25);2*1H/t17-;;/m1../s1. The second kappa shape index (κ2) is 11.6. The predicted molar refractivity (Wildman–Crippen MR) is 115 cm³/mol.